The Balaban J connectivity index is 1.50. The van der Waals surface area contributed by atoms with Gasteiger partial charge >= 0.3 is 0 Å². The Labute approximate surface area is 180 Å². The van der Waals surface area contributed by atoms with Gasteiger partial charge in [0.1, 0.15) is 5.56 Å². The van der Waals surface area contributed by atoms with Gasteiger partial charge in [-0.15, -0.1) is 0 Å². The zero-order valence-corrected chi connectivity index (χ0v) is 17.5. The van der Waals surface area contributed by atoms with Crippen molar-refractivity contribution in [2.45, 2.75) is 31.7 Å². The number of carbonyl (C=O) groups is 1. The van der Waals surface area contributed by atoms with Crippen LogP contribution in [0, 0.1) is 0 Å². The van der Waals surface area contributed by atoms with E-state index in [0.717, 1.165) is 60.1 Å². The third kappa shape index (κ3) is 3.29. The van der Waals surface area contributed by atoms with Crippen molar-refractivity contribution in [3.8, 4) is 0 Å². The van der Waals surface area contributed by atoms with E-state index in [0.29, 0.717) is 23.8 Å². The van der Waals surface area contributed by atoms with Gasteiger partial charge in [0.25, 0.3) is 5.91 Å². The van der Waals surface area contributed by atoms with Crippen LogP contribution >= 0.6 is 0 Å². The van der Waals surface area contributed by atoms with Crippen LogP contribution in [0.1, 0.15) is 36.0 Å². The van der Waals surface area contributed by atoms with Crippen LogP contribution in [0.5, 0.6) is 0 Å². The lowest BCUT2D eigenvalue weighted by atomic mass is 10.1. The van der Waals surface area contributed by atoms with E-state index in [-0.39, 0.29) is 5.91 Å². The molecular formula is C24H26N6O. The van der Waals surface area contributed by atoms with Crippen LogP contribution in [0.15, 0.2) is 42.7 Å². The number of nitrogens with zero attached hydrogens (tertiary/aromatic N) is 4. The average molecular weight is 415 g/mol. The molecule has 31 heavy (non-hydrogen) atoms. The number of hydrogen-bond donors (Lipinski definition) is 2. The van der Waals surface area contributed by atoms with Gasteiger partial charge in [0, 0.05) is 36.9 Å². The van der Waals surface area contributed by atoms with Crippen LogP contribution in [0.3, 0.4) is 0 Å². The zero-order valence-electron chi connectivity index (χ0n) is 17.5. The van der Waals surface area contributed by atoms with Gasteiger partial charge in [-0.25, -0.2) is 4.98 Å². The van der Waals surface area contributed by atoms with Crippen LogP contribution in [0.25, 0.3) is 27.6 Å². The van der Waals surface area contributed by atoms with Gasteiger partial charge in [-0.3, -0.25) is 14.2 Å². The number of anilines is 1. The van der Waals surface area contributed by atoms with Crippen molar-refractivity contribution in [3.63, 3.8) is 0 Å². The molecular weight excluding hydrogens is 388 g/mol. The summed E-state index contributed by atoms with van der Waals surface area (Å²) in [5.41, 5.74) is 5.06. The molecule has 0 spiro atoms. The summed E-state index contributed by atoms with van der Waals surface area (Å²) >= 11 is 0. The number of nitrogens with one attached hydrogen (secondary N) is 2. The van der Waals surface area contributed by atoms with E-state index >= 15 is 0 Å². The maximum absolute atomic E-state index is 13.5. The Kier molecular flexibility index (Phi) is 4.49. The molecule has 1 aromatic carbocycles. The van der Waals surface area contributed by atoms with Gasteiger partial charge in [-0.1, -0.05) is 12.1 Å². The van der Waals surface area contributed by atoms with Gasteiger partial charge < -0.3 is 15.5 Å². The van der Waals surface area contributed by atoms with E-state index in [2.05, 4.69) is 31.0 Å². The molecule has 2 fully saturated rings. The summed E-state index contributed by atoms with van der Waals surface area (Å²) in [6, 6.07) is 10.5. The Morgan fingerprint density at radius 3 is 2.77 bits per heavy atom. The first kappa shape index (κ1) is 18.6. The summed E-state index contributed by atoms with van der Waals surface area (Å²) in [7, 11) is 0. The number of rotatable bonds is 6. The highest BCUT2D eigenvalue weighted by atomic mass is 16.1. The number of benzene rings is 1. The maximum atomic E-state index is 13.5. The van der Waals surface area contributed by atoms with Crippen molar-refractivity contribution in [2.24, 2.45) is 0 Å². The van der Waals surface area contributed by atoms with Crippen LogP contribution < -0.4 is 10.6 Å². The molecule has 2 aliphatic rings. The normalized spacial score (nSPS) is 17.0. The molecule has 6 rings (SSSR count). The number of amides is 1. The van der Waals surface area contributed by atoms with Gasteiger partial charge in [0.05, 0.1) is 22.2 Å². The lowest BCUT2D eigenvalue weighted by Crippen LogP contribution is -2.34. The Morgan fingerprint density at radius 1 is 1.10 bits per heavy atom. The van der Waals surface area contributed by atoms with E-state index in [1.165, 1.54) is 12.8 Å². The lowest BCUT2D eigenvalue weighted by Gasteiger charge is -2.18. The second kappa shape index (κ2) is 7.50. The SMILES string of the molecule is O=C(NCCN1CCCC1)c1c(NC2CC2)c2cnccc2n2c1nc1ccccc12. The molecule has 158 valence electrons. The van der Waals surface area contributed by atoms with Crippen molar-refractivity contribution >= 4 is 39.2 Å². The number of para-hydroxylation sites is 2. The number of hydrogen-bond acceptors (Lipinski definition) is 5. The highest BCUT2D eigenvalue weighted by Gasteiger charge is 2.28. The minimum Gasteiger partial charge on any atom is -0.381 e. The number of aromatic nitrogens is 3. The van der Waals surface area contributed by atoms with E-state index in [1.54, 1.807) is 6.20 Å². The molecule has 7 nitrogen and oxygen atoms in total. The van der Waals surface area contributed by atoms with E-state index in [1.807, 2.05) is 30.5 Å². The van der Waals surface area contributed by atoms with Gasteiger partial charge in [-0.05, 0) is 57.0 Å². The summed E-state index contributed by atoms with van der Waals surface area (Å²) in [6.45, 7) is 3.78. The van der Waals surface area contributed by atoms with Crippen LogP contribution in [-0.2, 0) is 0 Å². The number of imidazole rings is 1. The second-order valence-electron chi connectivity index (χ2n) is 8.63. The van der Waals surface area contributed by atoms with Crippen molar-refractivity contribution < 1.29 is 4.79 Å². The molecule has 0 unspecified atom stereocenters. The molecule has 0 bridgehead atoms. The zero-order chi connectivity index (χ0) is 20.8. The molecule has 4 heterocycles. The first-order chi connectivity index (χ1) is 15.3. The molecule has 0 radical (unpaired) electrons. The molecule has 1 amide bonds. The molecule has 1 saturated carbocycles. The quantitative estimate of drug-likeness (QED) is 0.506. The standard InChI is InChI=1S/C24H26N6O/c31-24(26-11-14-29-12-3-4-13-29)21-22(27-16-7-8-16)17-15-25-10-9-19(17)30-20-6-2-1-5-18(20)28-23(21)30/h1-2,5-6,9-10,15-16,27H,3-4,7-8,11-14H2,(H,26,31). The summed E-state index contributed by atoms with van der Waals surface area (Å²) in [6.07, 6.45) is 8.41. The maximum Gasteiger partial charge on any atom is 0.257 e. The van der Waals surface area contributed by atoms with Crippen LogP contribution in [0.4, 0.5) is 5.69 Å². The monoisotopic (exact) mass is 414 g/mol. The largest absolute Gasteiger partial charge is 0.381 e. The minimum atomic E-state index is -0.0755. The first-order valence-corrected chi connectivity index (χ1v) is 11.2. The third-order valence-corrected chi connectivity index (χ3v) is 6.41. The second-order valence-corrected chi connectivity index (χ2v) is 8.63. The van der Waals surface area contributed by atoms with Crippen LogP contribution in [0.2, 0.25) is 0 Å². The number of fused-ring (bicyclic) bond motifs is 5. The first-order valence-electron chi connectivity index (χ1n) is 11.2. The average Bonchev–Trinajstić information content (AvgIpc) is 3.30. The van der Waals surface area contributed by atoms with Crippen LogP contribution in [-0.4, -0.2) is 57.4 Å². The van der Waals surface area contributed by atoms with Gasteiger partial charge in [0.15, 0.2) is 5.65 Å². The fourth-order valence-electron chi connectivity index (χ4n) is 4.68. The smallest absolute Gasteiger partial charge is 0.257 e. The molecule has 2 N–H and O–H groups in total. The van der Waals surface area contributed by atoms with Gasteiger partial charge in [0.2, 0.25) is 0 Å². The molecule has 7 heteroatoms. The van der Waals surface area contributed by atoms with Crippen molar-refractivity contribution in [1.29, 1.82) is 0 Å². The fourth-order valence-corrected chi connectivity index (χ4v) is 4.68. The third-order valence-electron chi connectivity index (χ3n) is 6.41. The molecule has 4 aromatic rings. The number of pyridine rings is 2. The molecule has 3 aromatic heterocycles. The fraction of sp³-hybridized carbons (Fsp3) is 0.375. The van der Waals surface area contributed by atoms with Crippen molar-refractivity contribution in [1.82, 2.24) is 24.6 Å². The van der Waals surface area contributed by atoms with Crippen molar-refractivity contribution in [2.75, 3.05) is 31.5 Å². The Hall–Kier alpha value is -3.19. The molecule has 1 aliphatic carbocycles. The van der Waals surface area contributed by atoms with Crippen molar-refractivity contribution in [3.05, 3.63) is 48.3 Å². The molecule has 0 atom stereocenters. The van der Waals surface area contributed by atoms with E-state index in [4.69, 9.17) is 4.98 Å². The lowest BCUT2D eigenvalue weighted by molar-refractivity contribution is 0.0952. The summed E-state index contributed by atoms with van der Waals surface area (Å²) in [4.78, 5) is 25.2. The highest BCUT2D eigenvalue weighted by Crippen LogP contribution is 2.36. The Bertz CT molecular complexity index is 1290. The summed E-state index contributed by atoms with van der Waals surface area (Å²) < 4.78 is 2.10. The van der Waals surface area contributed by atoms with E-state index < -0.39 is 0 Å². The highest BCUT2D eigenvalue weighted by molar-refractivity contribution is 6.14. The number of likely N-dealkylation sites (tertiary alicyclic amines) is 1. The van der Waals surface area contributed by atoms with Gasteiger partial charge in [-0.2, -0.15) is 0 Å². The molecule has 1 saturated heterocycles. The Morgan fingerprint density at radius 2 is 1.94 bits per heavy atom. The molecule has 1 aliphatic heterocycles. The predicted octanol–water partition coefficient (Wildman–Crippen LogP) is 3.44. The minimum absolute atomic E-state index is 0.0755. The van der Waals surface area contributed by atoms with E-state index in [9.17, 15) is 4.79 Å². The summed E-state index contributed by atoms with van der Waals surface area (Å²) in [5, 5.41) is 7.73. The number of carbonyl (C=O) groups excluding carboxylic acids is 1. The summed E-state index contributed by atoms with van der Waals surface area (Å²) in [5.74, 6) is -0.0755. The predicted molar refractivity (Wildman–Crippen MR) is 123 cm³/mol. The topological polar surface area (TPSA) is 74.6 Å².